The van der Waals surface area contributed by atoms with Gasteiger partial charge in [-0.2, -0.15) is 13.2 Å². The second-order valence-corrected chi connectivity index (χ2v) is 4.34. The number of alkyl halides is 3. The molecule has 0 amide bonds. The summed E-state index contributed by atoms with van der Waals surface area (Å²) in [5, 5.41) is 3.54. The van der Waals surface area contributed by atoms with E-state index in [1.54, 1.807) is 18.2 Å². The van der Waals surface area contributed by atoms with Crippen molar-refractivity contribution in [2.45, 2.75) is 24.9 Å². The van der Waals surface area contributed by atoms with Crippen LogP contribution in [-0.2, 0) is 0 Å². The highest BCUT2D eigenvalue weighted by molar-refractivity contribution is 6.33. The van der Waals surface area contributed by atoms with Crippen molar-refractivity contribution in [3.05, 3.63) is 28.8 Å². The Bertz CT molecular complexity index is 389. The minimum absolute atomic E-state index is 0.477. The molecule has 0 bridgehead atoms. The maximum Gasteiger partial charge on any atom is 0.389 e. The van der Waals surface area contributed by atoms with Crippen molar-refractivity contribution in [3.63, 3.8) is 0 Å². The predicted molar refractivity (Wildman–Crippen MR) is 58.0 cm³/mol. The molecule has 1 aliphatic heterocycles. The van der Waals surface area contributed by atoms with Crippen molar-refractivity contribution in [3.8, 4) is 0 Å². The van der Waals surface area contributed by atoms with E-state index in [0.717, 1.165) is 0 Å². The molecule has 0 saturated heterocycles. The van der Waals surface area contributed by atoms with Crippen LogP contribution >= 0.6 is 11.6 Å². The molecule has 1 atom stereocenters. The highest BCUT2D eigenvalue weighted by atomic mass is 35.5. The maximum absolute atomic E-state index is 12.4. The smallest absolute Gasteiger partial charge is 0.384 e. The number of hydrogen-bond acceptors (Lipinski definition) is 1. The van der Waals surface area contributed by atoms with Gasteiger partial charge in [0.1, 0.15) is 0 Å². The molecule has 0 saturated carbocycles. The molecule has 16 heavy (non-hydrogen) atoms. The van der Waals surface area contributed by atoms with E-state index in [4.69, 9.17) is 11.6 Å². The Morgan fingerprint density at radius 2 is 2.12 bits per heavy atom. The summed E-state index contributed by atoms with van der Waals surface area (Å²) < 4.78 is 37.1. The van der Waals surface area contributed by atoms with Crippen LogP contribution in [0.2, 0.25) is 5.02 Å². The average Bonchev–Trinajstić information content (AvgIpc) is 2.17. The van der Waals surface area contributed by atoms with Crippen molar-refractivity contribution >= 4 is 17.3 Å². The Morgan fingerprint density at radius 1 is 1.38 bits per heavy atom. The molecule has 1 aromatic rings. The molecule has 1 N–H and O–H groups in total. The lowest BCUT2D eigenvalue weighted by Crippen LogP contribution is -2.22. The number of benzene rings is 1. The van der Waals surface area contributed by atoms with E-state index >= 15 is 0 Å². The van der Waals surface area contributed by atoms with Gasteiger partial charge in [0.25, 0.3) is 0 Å². The molecule has 0 fully saturated rings. The normalized spacial score (nSPS) is 20.1. The van der Waals surface area contributed by atoms with Gasteiger partial charge in [-0.15, -0.1) is 0 Å². The Balaban J connectivity index is 2.30. The van der Waals surface area contributed by atoms with Gasteiger partial charge in [0.2, 0.25) is 0 Å². The van der Waals surface area contributed by atoms with Gasteiger partial charge in [0.15, 0.2) is 0 Å². The van der Waals surface area contributed by atoms with Crippen molar-refractivity contribution in [2.75, 3.05) is 11.9 Å². The monoisotopic (exact) mass is 249 g/mol. The number of fused-ring (bicyclic) bond motifs is 1. The zero-order chi connectivity index (χ0) is 11.8. The lowest BCUT2D eigenvalue weighted by molar-refractivity contribution is -0.139. The van der Waals surface area contributed by atoms with Crippen LogP contribution in [0.4, 0.5) is 18.9 Å². The summed E-state index contributed by atoms with van der Waals surface area (Å²) in [5.41, 5.74) is 1.33. The first kappa shape index (κ1) is 11.6. The number of anilines is 1. The first-order valence-corrected chi connectivity index (χ1v) is 5.44. The first-order chi connectivity index (χ1) is 7.47. The number of rotatable bonds is 1. The average molecular weight is 250 g/mol. The van der Waals surface area contributed by atoms with Gasteiger partial charge < -0.3 is 5.32 Å². The molecule has 2 rings (SSSR count). The van der Waals surface area contributed by atoms with Gasteiger partial charge in [-0.05, 0) is 24.0 Å². The number of hydrogen-bond donors (Lipinski definition) is 1. The van der Waals surface area contributed by atoms with Crippen LogP contribution in [0.3, 0.4) is 0 Å². The van der Waals surface area contributed by atoms with E-state index in [1.165, 1.54) is 0 Å². The number of para-hydroxylation sites is 1. The molecule has 1 aliphatic rings. The third-order valence-corrected chi connectivity index (χ3v) is 3.07. The van der Waals surface area contributed by atoms with Crippen LogP contribution in [-0.4, -0.2) is 12.7 Å². The van der Waals surface area contributed by atoms with E-state index in [1.807, 2.05) is 0 Å². The van der Waals surface area contributed by atoms with E-state index in [9.17, 15) is 13.2 Å². The zero-order valence-electron chi connectivity index (χ0n) is 8.44. The summed E-state index contributed by atoms with van der Waals surface area (Å²) in [6.45, 7) is 0.539. The lowest BCUT2D eigenvalue weighted by Gasteiger charge is -2.28. The molecular formula is C11H11ClF3N. The second kappa shape index (κ2) is 4.17. The van der Waals surface area contributed by atoms with Crippen molar-refractivity contribution in [1.82, 2.24) is 0 Å². The SMILES string of the molecule is FC(F)(F)CC1CCNc2c(Cl)cccc21. The Morgan fingerprint density at radius 3 is 2.81 bits per heavy atom. The summed E-state index contributed by atoms with van der Waals surface area (Å²) >= 11 is 5.93. The Kier molecular flexibility index (Phi) is 3.02. The van der Waals surface area contributed by atoms with Crippen molar-refractivity contribution in [2.24, 2.45) is 0 Å². The van der Waals surface area contributed by atoms with Gasteiger partial charge in [0.05, 0.1) is 17.1 Å². The summed E-state index contributed by atoms with van der Waals surface area (Å²) in [6.07, 6.45) is -4.41. The minimum atomic E-state index is -4.12. The number of halogens is 4. The highest BCUT2D eigenvalue weighted by Crippen LogP contribution is 2.41. The van der Waals surface area contributed by atoms with Crippen LogP contribution in [0.5, 0.6) is 0 Å². The fourth-order valence-corrected chi connectivity index (χ4v) is 2.33. The zero-order valence-corrected chi connectivity index (χ0v) is 9.20. The number of nitrogens with one attached hydrogen (secondary N) is 1. The van der Waals surface area contributed by atoms with E-state index < -0.39 is 18.5 Å². The Hall–Kier alpha value is -0.900. The van der Waals surface area contributed by atoms with Crippen LogP contribution < -0.4 is 5.32 Å². The molecular weight excluding hydrogens is 239 g/mol. The van der Waals surface area contributed by atoms with Gasteiger partial charge in [-0.25, -0.2) is 0 Å². The Labute approximate surface area is 96.6 Å². The maximum atomic E-state index is 12.4. The third kappa shape index (κ3) is 2.43. The van der Waals surface area contributed by atoms with Gasteiger partial charge in [-0.1, -0.05) is 23.7 Å². The van der Waals surface area contributed by atoms with Gasteiger partial charge in [0, 0.05) is 6.54 Å². The predicted octanol–water partition coefficient (Wildman–Crippen LogP) is 4.19. The van der Waals surface area contributed by atoms with Gasteiger partial charge in [-0.3, -0.25) is 0 Å². The molecule has 1 aromatic carbocycles. The summed E-state index contributed by atoms with van der Waals surface area (Å²) in [6, 6.07) is 5.09. The molecule has 88 valence electrons. The van der Waals surface area contributed by atoms with E-state index in [2.05, 4.69) is 5.32 Å². The highest BCUT2D eigenvalue weighted by Gasteiger charge is 2.34. The van der Waals surface area contributed by atoms with E-state index in [0.29, 0.717) is 29.2 Å². The summed E-state index contributed by atoms with van der Waals surface area (Å²) in [7, 11) is 0. The van der Waals surface area contributed by atoms with Crippen LogP contribution in [0.15, 0.2) is 18.2 Å². The van der Waals surface area contributed by atoms with Crippen molar-refractivity contribution in [1.29, 1.82) is 0 Å². The molecule has 1 nitrogen and oxygen atoms in total. The van der Waals surface area contributed by atoms with E-state index in [-0.39, 0.29) is 0 Å². The summed E-state index contributed by atoms with van der Waals surface area (Å²) in [4.78, 5) is 0. The van der Waals surface area contributed by atoms with Crippen LogP contribution in [0.1, 0.15) is 24.3 Å². The minimum Gasteiger partial charge on any atom is -0.384 e. The molecule has 0 spiro atoms. The first-order valence-electron chi connectivity index (χ1n) is 5.06. The molecule has 5 heteroatoms. The second-order valence-electron chi connectivity index (χ2n) is 3.94. The molecule has 0 aliphatic carbocycles. The quantitative estimate of drug-likeness (QED) is 0.787. The lowest BCUT2D eigenvalue weighted by atomic mass is 9.88. The molecule has 0 aromatic heterocycles. The van der Waals surface area contributed by atoms with Crippen LogP contribution in [0, 0.1) is 0 Å². The third-order valence-electron chi connectivity index (χ3n) is 2.76. The topological polar surface area (TPSA) is 12.0 Å². The molecule has 1 heterocycles. The molecule has 0 radical (unpaired) electrons. The largest absolute Gasteiger partial charge is 0.389 e. The van der Waals surface area contributed by atoms with Gasteiger partial charge >= 0.3 is 6.18 Å². The fourth-order valence-electron chi connectivity index (χ4n) is 2.09. The van der Waals surface area contributed by atoms with Crippen molar-refractivity contribution < 1.29 is 13.2 Å². The summed E-state index contributed by atoms with van der Waals surface area (Å²) in [5.74, 6) is -0.477. The fraction of sp³-hybridized carbons (Fsp3) is 0.455. The standard InChI is InChI=1S/C11H11ClF3N/c12-9-3-1-2-8-7(6-11(13,14)15)4-5-16-10(8)9/h1-3,7,16H,4-6H2. The molecule has 1 unspecified atom stereocenters. The van der Waals surface area contributed by atoms with Crippen LogP contribution in [0.25, 0.3) is 0 Å².